The molecule has 0 saturated carbocycles. The van der Waals surface area contributed by atoms with Gasteiger partial charge in [0.2, 0.25) is 0 Å². The van der Waals surface area contributed by atoms with E-state index in [1.54, 1.807) is 6.20 Å². The number of fused-ring (bicyclic) bond motifs is 1. The molecule has 3 aromatic rings. The Morgan fingerprint density at radius 1 is 1.17 bits per heavy atom. The lowest BCUT2D eigenvalue weighted by Gasteiger charge is -2.12. The van der Waals surface area contributed by atoms with Crippen LogP contribution in [0.5, 0.6) is 0 Å². The van der Waals surface area contributed by atoms with Crippen molar-refractivity contribution in [2.75, 3.05) is 0 Å². The minimum absolute atomic E-state index is 0.246. The Morgan fingerprint density at radius 2 is 2.06 bits per heavy atom. The Hall–Kier alpha value is -2.13. The summed E-state index contributed by atoms with van der Waals surface area (Å²) in [4.78, 5) is 4.13. The van der Waals surface area contributed by atoms with Gasteiger partial charge in [-0.1, -0.05) is 18.2 Å². The average Bonchev–Trinajstić information content (AvgIpc) is 2.84. The summed E-state index contributed by atoms with van der Waals surface area (Å²) in [5.74, 6) is 1.67. The van der Waals surface area contributed by atoms with Crippen molar-refractivity contribution in [3.63, 3.8) is 0 Å². The molecule has 0 amide bonds. The zero-order valence-electron chi connectivity index (χ0n) is 10.1. The molecular weight excluding hydrogens is 224 g/mol. The molecule has 2 N–H and O–H groups in total. The number of furan rings is 1. The molecule has 0 bridgehead atoms. The maximum atomic E-state index is 6.28. The van der Waals surface area contributed by atoms with E-state index in [1.165, 1.54) is 0 Å². The van der Waals surface area contributed by atoms with E-state index < -0.39 is 0 Å². The standard InChI is InChI=1S/C15H14N2O/c1-10-5-6-14(18-10)15(16)13-4-2-3-11-9-17-8-7-12(11)13/h2-9,15H,16H2,1H3. The molecule has 3 heteroatoms. The molecule has 0 aliphatic carbocycles. The van der Waals surface area contributed by atoms with Gasteiger partial charge in [-0.25, -0.2) is 0 Å². The van der Waals surface area contributed by atoms with Crippen molar-refractivity contribution in [2.24, 2.45) is 5.73 Å². The van der Waals surface area contributed by atoms with Gasteiger partial charge in [-0.3, -0.25) is 4.98 Å². The molecule has 0 spiro atoms. The molecule has 0 aliphatic rings. The predicted molar refractivity (Wildman–Crippen MR) is 71.2 cm³/mol. The summed E-state index contributed by atoms with van der Waals surface area (Å²) in [5, 5.41) is 2.21. The van der Waals surface area contributed by atoms with Crippen LogP contribution in [0.2, 0.25) is 0 Å². The monoisotopic (exact) mass is 238 g/mol. The van der Waals surface area contributed by atoms with Gasteiger partial charge in [0.15, 0.2) is 0 Å². The first-order valence-corrected chi connectivity index (χ1v) is 5.90. The average molecular weight is 238 g/mol. The van der Waals surface area contributed by atoms with Crippen LogP contribution in [0, 0.1) is 6.92 Å². The van der Waals surface area contributed by atoms with Crippen LogP contribution in [0.1, 0.15) is 23.1 Å². The molecular formula is C15H14N2O. The lowest BCUT2D eigenvalue weighted by Crippen LogP contribution is -2.11. The van der Waals surface area contributed by atoms with Crippen molar-refractivity contribution in [2.45, 2.75) is 13.0 Å². The first-order chi connectivity index (χ1) is 8.75. The molecule has 1 aromatic carbocycles. The summed E-state index contributed by atoms with van der Waals surface area (Å²) in [6.07, 6.45) is 3.63. The van der Waals surface area contributed by atoms with Crippen molar-refractivity contribution >= 4 is 10.8 Å². The normalized spacial score (nSPS) is 12.8. The van der Waals surface area contributed by atoms with Crippen molar-refractivity contribution in [1.29, 1.82) is 0 Å². The van der Waals surface area contributed by atoms with Crippen molar-refractivity contribution in [3.05, 3.63) is 65.9 Å². The number of nitrogens with two attached hydrogens (primary N) is 1. The number of rotatable bonds is 2. The number of aryl methyl sites for hydroxylation is 1. The Balaban J connectivity index is 2.14. The predicted octanol–water partition coefficient (Wildman–Crippen LogP) is 3.18. The minimum atomic E-state index is -0.246. The van der Waals surface area contributed by atoms with Crippen LogP contribution < -0.4 is 5.73 Å². The summed E-state index contributed by atoms with van der Waals surface area (Å²) in [6, 6.07) is 11.7. The van der Waals surface area contributed by atoms with Crippen molar-refractivity contribution < 1.29 is 4.42 Å². The van der Waals surface area contributed by atoms with Crippen LogP contribution in [-0.4, -0.2) is 4.98 Å². The second kappa shape index (κ2) is 4.27. The quantitative estimate of drug-likeness (QED) is 0.746. The largest absolute Gasteiger partial charge is 0.464 e. The highest BCUT2D eigenvalue weighted by Gasteiger charge is 2.14. The van der Waals surface area contributed by atoms with E-state index in [0.29, 0.717) is 0 Å². The van der Waals surface area contributed by atoms with Crippen LogP contribution in [0.4, 0.5) is 0 Å². The number of hydrogen-bond donors (Lipinski definition) is 1. The third-order valence-electron chi connectivity index (χ3n) is 3.12. The fraction of sp³-hybridized carbons (Fsp3) is 0.133. The first kappa shape index (κ1) is 11.0. The second-order valence-corrected chi connectivity index (χ2v) is 4.37. The molecule has 18 heavy (non-hydrogen) atoms. The van der Waals surface area contributed by atoms with E-state index >= 15 is 0 Å². The van der Waals surface area contributed by atoms with Crippen molar-refractivity contribution in [3.8, 4) is 0 Å². The topological polar surface area (TPSA) is 52.0 Å². The van der Waals surface area contributed by atoms with Gasteiger partial charge in [-0.2, -0.15) is 0 Å². The molecule has 90 valence electrons. The highest BCUT2D eigenvalue weighted by Crippen LogP contribution is 2.27. The molecule has 2 heterocycles. The van der Waals surface area contributed by atoms with Gasteiger partial charge in [-0.05, 0) is 36.1 Å². The van der Waals surface area contributed by atoms with E-state index in [4.69, 9.17) is 10.2 Å². The van der Waals surface area contributed by atoms with Gasteiger partial charge in [0.25, 0.3) is 0 Å². The van der Waals surface area contributed by atoms with E-state index in [9.17, 15) is 0 Å². The highest BCUT2D eigenvalue weighted by atomic mass is 16.3. The molecule has 1 atom stereocenters. The third kappa shape index (κ3) is 1.79. The lowest BCUT2D eigenvalue weighted by molar-refractivity contribution is 0.467. The molecule has 2 aromatic heterocycles. The molecule has 0 saturated heterocycles. The Kier molecular flexibility index (Phi) is 2.61. The Labute approximate surface area is 105 Å². The fourth-order valence-electron chi connectivity index (χ4n) is 2.19. The fourth-order valence-corrected chi connectivity index (χ4v) is 2.19. The van der Waals surface area contributed by atoms with Gasteiger partial charge in [0.1, 0.15) is 11.5 Å². The zero-order valence-corrected chi connectivity index (χ0v) is 10.1. The lowest BCUT2D eigenvalue weighted by atomic mass is 9.99. The summed E-state index contributed by atoms with van der Waals surface area (Å²) < 4.78 is 5.61. The number of hydrogen-bond acceptors (Lipinski definition) is 3. The minimum Gasteiger partial charge on any atom is -0.464 e. The Morgan fingerprint density at radius 3 is 2.83 bits per heavy atom. The summed E-state index contributed by atoms with van der Waals surface area (Å²) in [6.45, 7) is 1.92. The van der Waals surface area contributed by atoms with Crippen LogP contribution in [0.15, 0.2) is 53.2 Å². The zero-order chi connectivity index (χ0) is 12.5. The number of pyridine rings is 1. The highest BCUT2D eigenvalue weighted by molar-refractivity contribution is 5.85. The maximum Gasteiger partial charge on any atom is 0.125 e. The van der Waals surface area contributed by atoms with Gasteiger partial charge in [-0.15, -0.1) is 0 Å². The summed E-state index contributed by atoms with van der Waals surface area (Å²) in [5.41, 5.74) is 7.34. The van der Waals surface area contributed by atoms with E-state index in [-0.39, 0.29) is 6.04 Å². The number of benzene rings is 1. The number of aromatic nitrogens is 1. The third-order valence-corrected chi connectivity index (χ3v) is 3.12. The molecule has 3 nitrogen and oxygen atoms in total. The summed E-state index contributed by atoms with van der Waals surface area (Å²) >= 11 is 0. The molecule has 0 fully saturated rings. The molecule has 0 aliphatic heterocycles. The van der Waals surface area contributed by atoms with Crippen molar-refractivity contribution in [1.82, 2.24) is 4.98 Å². The summed E-state index contributed by atoms with van der Waals surface area (Å²) in [7, 11) is 0. The van der Waals surface area contributed by atoms with Crippen LogP contribution in [0.25, 0.3) is 10.8 Å². The van der Waals surface area contributed by atoms with Crippen LogP contribution >= 0.6 is 0 Å². The van der Waals surface area contributed by atoms with E-state index in [1.807, 2.05) is 49.5 Å². The van der Waals surface area contributed by atoms with Gasteiger partial charge < -0.3 is 10.2 Å². The first-order valence-electron chi connectivity index (χ1n) is 5.90. The smallest absolute Gasteiger partial charge is 0.125 e. The van der Waals surface area contributed by atoms with Gasteiger partial charge in [0, 0.05) is 17.8 Å². The van der Waals surface area contributed by atoms with E-state index in [2.05, 4.69) is 4.98 Å². The van der Waals surface area contributed by atoms with Gasteiger partial charge >= 0.3 is 0 Å². The molecule has 1 unspecified atom stereocenters. The van der Waals surface area contributed by atoms with Crippen LogP contribution in [0.3, 0.4) is 0 Å². The Bertz CT molecular complexity index is 682. The van der Waals surface area contributed by atoms with Crippen LogP contribution in [-0.2, 0) is 0 Å². The molecule has 0 radical (unpaired) electrons. The van der Waals surface area contributed by atoms with E-state index in [0.717, 1.165) is 27.9 Å². The van der Waals surface area contributed by atoms with Gasteiger partial charge in [0.05, 0.1) is 6.04 Å². The maximum absolute atomic E-state index is 6.28. The molecule has 3 rings (SSSR count). The second-order valence-electron chi connectivity index (χ2n) is 4.37. The number of nitrogens with zero attached hydrogens (tertiary/aromatic N) is 1. The SMILES string of the molecule is Cc1ccc(C(N)c2cccc3cnccc23)o1.